The summed E-state index contributed by atoms with van der Waals surface area (Å²) in [6.45, 7) is 3.09. The van der Waals surface area contributed by atoms with E-state index in [2.05, 4.69) is 17.6 Å². The molecule has 0 aliphatic heterocycles. The van der Waals surface area contributed by atoms with Crippen LogP contribution < -0.4 is 10.6 Å². The van der Waals surface area contributed by atoms with Crippen LogP contribution in [0.25, 0.3) is 0 Å². The third-order valence-electron chi connectivity index (χ3n) is 3.46. The summed E-state index contributed by atoms with van der Waals surface area (Å²) >= 11 is 0. The lowest BCUT2D eigenvalue weighted by Gasteiger charge is -2.07. The van der Waals surface area contributed by atoms with Crippen LogP contribution in [0.2, 0.25) is 0 Å². The molecule has 5 heteroatoms. The Hall–Kier alpha value is -2.56. The lowest BCUT2D eigenvalue weighted by atomic mass is 10.1. The third kappa shape index (κ3) is 5.29. The minimum absolute atomic E-state index is 0.151. The SMILES string of the molecule is CCCCCNC(=O)c1cccc(C(=O)NCc2ccco2)c1. The molecule has 0 atom stereocenters. The second-order valence-corrected chi connectivity index (χ2v) is 5.31. The van der Waals surface area contributed by atoms with Crippen molar-refractivity contribution in [1.82, 2.24) is 10.6 Å². The molecule has 1 aromatic heterocycles. The van der Waals surface area contributed by atoms with Crippen LogP contribution in [0.3, 0.4) is 0 Å². The highest BCUT2D eigenvalue weighted by Crippen LogP contribution is 2.07. The highest BCUT2D eigenvalue weighted by atomic mass is 16.3. The van der Waals surface area contributed by atoms with Crippen LogP contribution in [0.4, 0.5) is 0 Å². The van der Waals surface area contributed by atoms with Gasteiger partial charge in [-0.25, -0.2) is 0 Å². The normalized spacial score (nSPS) is 10.3. The summed E-state index contributed by atoms with van der Waals surface area (Å²) in [6.07, 6.45) is 4.73. The molecular formula is C18H22N2O3. The molecular weight excluding hydrogens is 292 g/mol. The number of unbranched alkanes of at least 4 members (excludes halogenated alkanes) is 2. The smallest absolute Gasteiger partial charge is 0.251 e. The summed E-state index contributed by atoms with van der Waals surface area (Å²) in [5, 5.41) is 5.63. The lowest BCUT2D eigenvalue weighted by Crippen LogP contribution is -2.26. The molecule has 0 fully saturated rings. The fraction of sp³-hybridized carbons (Fsp3) is 0.333. The number of carbonyl (C=O) groups excluding carboxylic acids is 2. The summed E-state index contributed by atoms with van der Waals surface area (Å²) in [6, 6.07) is 10.3. The maximum atomic E-state index is 12.1. The van der Waals surface area contributed by atoms with Crippen LogP contribution in [-0.4, -0.2) is 18.4 Å². The molecule has 2 rings (SSSR count). The van der Waals surface area contributed by atoms with Gasteiger partial charge in [-0.3, -0.25) is 9.59 Å². The maximum absolute atomic E-state index is 12.1. The molecule has 0 unspecified atom stereocenters. The molecule has 0 spiro atoms. The van der Waals surface area contributed by atoms with Gasteiger partial charge in [-0.2, -0.15) is 0 Å². The van der Waals surface area contributed by atoms with Gasteiger partial charge in [-0.05, 0) is 36.8 Å². The van der Waals surface area contributed by atoms with Crippen molar-refractivity contribution in [2.24, 2.45) is 0 Å². The van der Waals surface area contributed by atoms with Crippen LogP contribution in [0.15, 0.2) is 47.1 Å². The van der Waals surface area contributed by atoms with E-state index >= 15 is 0 Å². The molecule has 1 heterocycles. The van der Waals surface area contributed by atoms with Crippen molar-refractivity contribution in [1.29, 1.82) is 0 Å². The highest BCUT2D eigenvalue weighted by Gasteiger charge is 2.10. The average molecular weight is 314 g/mol. The number of amides is 2. The first kappa shape index (κ1) is 16.8. The van der Waals surface area contributed by atoms with Gasteiger partial charge in [0.15, 0.2) is 0 Å². The number of hydrogen-bond acceptors (Lipinski definition) is 3. The topological polar surface area (TPSA) is 71.3 Å². The molecule has 2 aromatic rings. The maximum Gasteiger partial charge on any atom is 0.251 e. The molecule has 0 aliphatic rings. The Labute approximate surface area is 136 Å². The molecule has 1 aromatic carbocycles. The Morgan fingerprint density at radius 2 is 1.74 bits per heavy atom. The number of nitrogens with one attached hydrogen (secondary N) is 2. The van der Waals surface area contributed by atoms with Gasteiger partial charge in [0.25, 0.3) is 11.8 Å². The van der Waals surface area contributed by atoms with Crippen LogP contribution >= 0.6 is 0 Å². The van der Waals surface area contributed by atoms with Crippen LogP contribution in [0.5, 0.6) is 0 Å². The monoisotopic (exact) mass is 314 g/mol. The minimum Gasteiger partial charge on any atom is -0.467 e. The van der Waals surface area contributed by atoms with Crippen LogP contribution in [0.1, 0.15) is 52.7 Å². The van der Waals surface area contributed by atoms with E-state index in [4.69, 9.17) is 4.42 Å². The number of furan rings is 1. The van der Waals surface area contributed by atoms with E-state index in [0.717, 1.165) is 19.3 Å². The summed E-state index contributed by atoms with van der Waals surface area (Å²) in [4.78, 5) is 24.2. The summed E-state index contributed by atoms with van der Waals surface area (Å²) < 4.78 is 5.17. The molecule has 5 nitrogen and oxygen atoms in total. The van der Waals surface area contributed by atoms with Gasteiger partial charge in [-0.15, -0.1) is 0 Å². The fourth-order valence-corrected chi connectivity index (χ4v) is 2.16. The van der Waals surface area contributed by atoms with E-state index < -0.39 is 0 Å². The zero-order valence-corrected chi connectivity index (χ0v) is 13.3. The van der Waals surface area contributed by atoms with Gasteiger partial charge in [0.1, 0.15) is 5.76 Å². The minimum atomic E-state index is -0.234. The molecule has 122 valence electrons. The van der Waals surface area contributed by atoms with E-state index in [0.29, 0.717) is 30.0 Å². The number of benzene rings is 1. The van der Waals surface area contributed by atoms with Gasteiger partial charge in [0.2, 0.25) is 0 Å². The Morgan fingerprint density at radius 1 is 1.00 bits per heavy atom. The first-order valence-electron chi connectivity index (χ1n) is 7.89. The summed E-state index contributed by atoms with van der Waals surface area (Å²) in [5.41, 5.74) is 0.949. The van der Waals surface area contributed by atoms with Crippen molar-refractivity contribution in [2.75, 3.05) is 6.54 Å². The predicted molar refractivity (Wildman–Crippen MR) is 88.2 cm³/mol. The van der Waals surface area contributed by atoms with Gasteiger partial charge < -0.3 is 15.1 Å². The van der Waals surface area contributed by atoms with Crippen LogP contribution in [0, 0.1) is 0 Å². The Morgan fingerprint density at radius 3 is 2.39 bits per heavy atom. The fourth-order valence-electron chi connectivity index (χ4n) is 2.16. The van der Waals surface area contributed by atoms with E-state index in [1.54, 1.807) is 42.7 Å². The Kier molecular flexibility index (Phi) is 6.41. The number of carbonyl (C=O) groups is 2. The van der Waals surface area contributed by atoms with E-state index in [1.165, 1.54) is 0 Å². The second kappa shape index (κ2) is 8.78. The Balaban J connectivity index is 1.90. The molecule has 2 N–H and O–H groups in total. The van der Waals surface area contributed by atoms with Gasteiger partial charge >= 0.3 is 0 Å². The van der Waals surface area contributed by atoms with E-state index in [-0.39, 0.29) is 11.8 Å². The number of hydrogen-bond donors (Lipinski definition) is 2. The summed E-state index contributed by atoms with van der Waals surface area (Å²) in [7, 11) is 0. The molecule has 2 amide bonds. The zero-order chi connectivity index (χ0) is 16.5. The van der Waals surface area contributed by atoms with Crippen molar-refractivity contribution in [2.45, 2.75) is 32.7 Å². The third-order valence-corrected chi connectivity index (χ3v) is 3.46. The standard InChI is InChI=1S/C18H22N2O3/c1-2-3-4-10-19-17(21)14-7-5-8-15(12-14)18(22)20-13-16-9-6-11-23-16/h5-9,11-12H,2-4,10,13H2,1H3,(H,19,21)(H,20,22). The van der Waals surface area contributed by atoms with Gasteiger partial charge in [0, 0.05) is 17.7 Å². The Bertz CT molecular complexity index is 635. The van der Waals surface area contributed by atoms with Crippen molar-refractivity contribution < 1.29 is 14.0 Å². The van der Waals surface area contributed by atoms with E-state index in [9.17, 15) is 9.59 Å². The largest absolute Gasteiger partial charge is 0.467 e. The molecule has 0 bridgehead atoms. The molecule has 0 radical (unpaired) electrons. The lowest BCUT2D eigenvalue weighted by molar-refractivity contribution is 0.0948. The molecule has 23 heavy (non-hydrogen) atoms. The average Bonchev–Trinajstić information content (AvgIpc) is 3.10. The molecule has 0 aliphatic carbocycles. The summed E-state index contributed by atoms with van der Waals surface area (Å²) in [5.74, 6) is 0.298. The number of rotatable bonds is 8. The zero-order valence-electron chi connectivity index (χ0n) is 13.3. The van der Waals surface area contributed by atoms with Gasteiger partial charge in [-0.1, -0.05) is 25.8 Å². The van der Waals surface area contributed by atoms with Crippen LogP contribution in [-0.2, 0) is 6.54 Å². The first-order chi connectivity index (χ1) is 11.2. The first-order valence-corrected chi connectivity index (χ1v) is 7.89. The van der Waals surface area contributed by atoms with Crippen molar-refractivity contribution in [3.05, 3.63) is 59.5 Å². The van der Waals surface area contributed by atoms with Crippen molar-refractivity contribution >= 4 is 11.8 Å². The molecule has 0 saturated carbocycles. The quantitative estimate of drug-likeness (QED) is 0.735. The van der Waals surface area contributed by atoms with Crippen molar-refractivity contribution in [3.8, 4) is 0 Å². The van der Waals surface area contributed by atoms with Crippen molar-refractivity contribution in [3.63, 3.8) is 0 Å². The van der Waals surface area contributed by atoms with Gasteiger partial charge in [0.05, 0.1) is 12.8 Å². The second-order valence-electron chi connectivity index (χ2n) is 5.31. The highest BCUT2D eigenvalue weighted by molar-refractivity contribution is 5.99. The molecule has 0 saturated heterocycles. The predicted octanol–water partition coefficient (Wildman–Crippen LogP) is 3.13. The van der Waals surface area contributed by atoms with E-state index in [1.807, 2.05) is 0 Å².